The first-order valence-electron chi connectivity index (χ1n) is 16.5. The molecule has 0 spiro atoms. The van der Waals surface area contributed by atoms with Crippen molar-refractivity contribution in [2.75, 3.05) is 26.2 Å². The van der Waals surface area contributed by atoms with Crippen LogP contribution in [0.1, 0.15) is 116 Å². The fourth-order valence-corrected chi connectivity index (χ4v) is 11.0. The van der Waals surface area contributed by atoms with Crippen LogP contribution in [0.15, 0.2) is 0 Å². The van der Waals surface area contributed by atoms with Crippen LogP contribution in [-0.4, -0.2) is 38.2 Å². The molecule has 4 N–H and O–H groups in total. The second-order valence-electron chi connectivity index (χ2n) is 15.2. The van der Waals surface area contributed by atoms with E-state index in [1.165, 1.54) is 89.9 Å². The molecule has 0 aromatic heterocycles. The summed E-state index contributed by atoms with van der Waals surface area (Å²) in [6.45, 7) is 3.32. The predicted octanol–water partition coefficient (Wildman–Crippen LogP) is 6.36. The molecule has 214 valence electrons. The van der Waals surface area contributed by atoms with Gasteiger partial charge in [0.2, 0.25) is 0 Å². The van der Waals surface area contributed by atoms with Gasteiger partial charge in [0.1, 0.15) is 0 Å². The highest BCUT2D eigenvalue weighted by Gasteiger charge is 2.51. The van der Waals surface area contributed by atoms with Gasteiger partial charge in [0.15, 0.2) is 0 Å². The van der Waals surface area contributed by atoms with Crippen molar-refractivity contribution < 1.29 is 9.59 Å². The van der Waals surface area contributed by atoms with Crippen molar-refractivity contribution in [3.05, 3.63) is 0 Å². The van der Waals surface area contributed by atoms with Crippen LogP contribution in [0.5, 0.6) is 0 Å². The van der Waals surface area contributed by atoms with E-state index in [9.17, 15) is 9.59 Å². The number of hydrogen-bond acceptors (Lipinski definition) is 2. The van der Waals surface area contributed by atoms with Gasteiger partial charge in [0, 0.05) is 26.2 Å². The van der Waals surface area contributed by atoms with E-state index in [0.717, 1.165) is 87.4 Å². The van der Waals surface area contributed by atoms with Gasteiger partial charge in [-0.25, -0.2) is 9.59 Å². The Bertz CT molecular complexity index is 703. The Morgan fingerprint density at radius 3 is 1.05 bits per heavy atom. The van der Waals surface area contributed by atoms with Crippen molar-refractivity contribution in [3.63, 3.8) is 0 Å². The van der Waals surface area contributed by atoms with Gasteiger partial charge >= 0.3 is 12.1 Å². The molecule has 8 fully saturated rings. The molecule has 0 aliphatic heterocycles. The number of rotatable bonds is 13. The molecule has 0 unspecified atom stereocenters. The van der Waals surface area contributed by atoms with Crippen LogP contribution in [0, 0.1) is 46.3 Å². The van der Waals surface area contributed by atoms with Crippen LogP contribution in [-0.2, 0) is 0 Å². The first-order chi connectivity index (χ1) is 18.5. The number of amides is 4. The Labute approximate surface area is 231 Å². The summed E-state index contributed by atoms with van der Waals surface area (Å²) >= 11 is 0. The molecule has 0 heterocycles. The molecular weight excluding hydrogens is 472 g/mol. The summed E-state index contributed by atoms with van der Waals surface area (Å²) < 4.78 is 0. The maximum Gasteiger partial charge on any atom is 0.314 e. The van der Waals surface area contributed by atoms with Crippen LogP contribution in [0.2, 0.25) is 0 Å². The second-order valence-corrected chi connectivity index (χ2v) is 15.2. The van der Waals surface area contributed by atoms with Gasteiger partial charge in [0.25, 0.3) is 0 Å². The van der Waals surface area contributed by atoms with Crippen molar-refractivity contribution in [2.24, 2.45) is 46.3 Å². The summed E-state index contributed by atoms with van der Waals surface area (Å²) in [5.74, 6) is 5.64. The standard InChI is InChI=1S/C32H54N4O2/c37-29(35-21-31-15-23-9-24(16-31)11-25(10-23)17-31)33-7-5-3-1-2-4-6-8-34-30(38)36-22-32-18-26-12-27(19-32)14-28(13-26)20-32/h23-28H,1-22H2,(H2,33,35,37)(H2,34,36,38). The van der Waals surface area contributed by atoms with E-state index in [4.69, 9.17) is 0 Å². The zero-order valence-electron chi connectivity index (χ0n) is 23.8. The topological polar surface area (TPSA) is 82.3 Å². The highest BCUT2D eigenvalue weighted by Crippen LogP contribution is 2.60. The molecule has 8 rings (SSSR count). The molecule has 0 atom stereocenters. The summed E-state index contributed by atoms with van der Waals surface area (Å²) in [5, 5.41) is 12.6. The second kappa shape index (κ2) is 11.6. The highest BCUT2D eigenvalue weighted by molar-refractivity contribution is 5.74. The zero-order chi connectivity index (χ0) is 26.0. The van der Waals surface area contributed by atoms with Crippen molar-refractivity contribution >= 4 is 12.1 Å². The van der Waals surface area contributed by atoms with Crippen LogP contribution in [0.3, 0.4) is 0 Å². The normalized spacial score (nSPS) is 39.8. The summed E-state index contributed by atoms with van der Waals surface area (Å²) in [5.41, 5.74) is 0.826. The number of unbranched alkanes of at least 4 members (excludes halogenated alkanes) is 5. The minimum atomic E-state index is 0.0355. The monoisotopic (exact) mass is 526 g/mol. The van der Waals surface area contributed by atoms with Crippen molar-refractivity contribution in [3.8, 4) is 0 Å². The lowest BCUT2D eigenvalue weighted by Gasteiger charge is -2.56. The SMILES string of the molecule is O=C(NCCCCCCCCNC(=O)NCC12CC3CC(CC(C3)C1)C2)NCC12CC3CC(CC(C3)C1)C2. The third kappa shape index (κ3) is 6.46. The summed E-state index contributed by atoms with van der Waals surface area (Å²) in [7, 11) is 0. The molecule has 8 aliphatic rings. The van der Waals surface area contributed by atoms with E-state index in [1.54, 1.807) is 0 Å². The lowest BCUT2D eigenvalue weighted by molar-refractivity contribution is -0.0499. The number of nitrogens with one attached hydrogen (secondary N) is 4. The van der Waals surface area contributed by atoms with E-state index in [2.05, 4.69) is 21.3 Å². The lowest BCUT2D eigenvalue weighted by atomic mass is 9.49. The molecule has 0 radical (unpaired) electrons. The lowest BCUT2D eigenvalue weighted by Crippen LogP contribution is -2.52. The minimum Gasteiger partial charge on any atom is -0.338 e. The first-order valence-corrected chi connectivity index (χ1v) is 16.5. The average Bonchev–Trinajstić information content (AvgIpc) is 2.86. The van der Waals surface area contributed by atoms with Crippen LogP contribution < -0.4 is 21.3 Å². The van der Waals surface area contributed by atoms with E-state index in [0.29, 0.717) is 10.8 Å². The average molecular weight is 527 g/mol. The highest BCUT2D eigenvalue weighted by atomic mass is 16.2. The molecule has 0 aromatic carbocycles. The van der Waals surface area contributed by atoms with Gasteiger partial charge < -0.3 is 21.3 Å². The molecule has 4 amide bonds. The molecule has 38 heavy (non-hydrogen) atoms. The van der Waals surface area contributed by atoms with Gasteiger partial charge in [-0.1, -0.05) is 25.7 Å². The largest absolute Gasteiger partial charge is 0.338 e. The Morgan fingerprint density at radius 2 is 0.737 bits per heavy atom. The summed E-state index contributed by atoms with van der Waals surface area (Å²) in [6, 6.07) is 0.0709. The van der Waals surface area contributed by atoms with Crippen molar-refractivity contribution in [1.29, 1.82) is 0 Å². The Kier molecular flexibility index (Phi) is 8.14. The fraction of sp³-hybridized carbons (Fsp3) is 0.938. The predicted molar refractivity (Wildman–Crippen MR) is 152 cm³/mol. The van der Waals surface area contributed by atoms with Crippen LogP contribution >= 0.6 is 0 Å². The van der Waals surface area contributed by atoms with Gasteiger partial charge in [-0.15, -0.1) is 0 Å². The molecular formula is C32H54N4O2. The molecule has 8 aliphatic carbocycles. The molecule has 0 aromatic rings. The number of carbonyl (C=O) groups is 2. The third-order valence-corrected chi connectivity index (χ3v) is 11.8. The fourth-order valence-electron chi connectivity index (χ4n) is 11.0. The Balaban J connectivity index is 0.741. The molecule has 6 nitrogen and oxygen atoms in total. The Hall–Kier alpha value is -1.46. The van der Waals surface area contributed by atoms with Crippen molar-refractivity contribution in [1.82, 2.24) is 21.3 Å². The van der Waals surface area contributed by atoms with Crippen LogP contribution in [0.25, 0.3) is 0 Å². The first kappa shape index (κ1) is 26.7. The molecule has 6 heteroatoms. The molecule has 8 saturated carbocycles. The Morgan fingerprint density at radius 1 is 0.447 bits per heavy atom. The quantitative estimate of drug-likeness (QED) is 0.211. The van der Waals surface area contributed by atoms with Gasteiger partial charge in [-0.3, -0.25) is 0 Å². The number of urea groups is 2. The maximum absolute atomic E-state index is 12.3. The molecule has 8 bridgehead atoms. The number of carbonyl (C=O) groups excluding carboxylic acids is 2. The minimum absolute atomic E-state index is 0.0355. The van der Waals surface area contributed by atoms with E-state index < -0.39 is 0 Å². The van der Waals surface area contributed by atoms with Crippen molar-refractivity contribution in [2.45, 2.75) is 116 Å². The maximum atomic E-state index is 12.3. The van der Waals surface area contributed by atoms with E-state index in [-0.39, 0.29) is 12.1 Å². The molecule has 0 saturated heterocycles. The summed E-state index contributed by atoms with van der Waals surface area (Å²) in [4.78, 5) is 24.7. The van der Waals surface area contributed by atoms with E-state index in [1.807, 2.05) is 0 Å². The van der Waals surface area contributed by atoms with E-state index >= 15 is 0 Å². The van der Waals surface area contributed by atoms with Gasteiger partial charge in [0.05, 0.1) is 0 Å². The van der Waals surface area contributed by atoms with Crippen LogP contribution in [0.4, 0.5) is 9.59 Å². The smallest absolute Gasteiger partial charge is 0.314 e. The summed E-state index contributed by atoms with van der Waals surface area (Å²) in [6.07, 6.45) is 23.7. The zero-order valence-corrected chi connectivity index (χ0v) is 23.8. The van der Waals surface area contributed by atoms with Gasteiger partial charge in [-0.2, -0.15) is 0 Å². The van der Waals surface area contributed by atoms with Gasteiger partial charge in [-0.05, 0) is 136 Å². The third-order valence-electron chi connectivity index (χ3n) is 11.8. The number of hydrogen-bond donors (Lipinski definition) is 4.